The molecule has 5 fully saturated rings. The molecule has 0 aromatic rings. The highest BCUT2D eigenvalue weighted by molar-refractivity contribution is 5.73. The molecule has 32 heteroatoms. The normalized spacial score (nSPS) is 45.3. The fraction of sp³-hybridized carbons (Fsp3) is 0.861. The van der Waals surface area contributed by atoms with Crippen molar-refractivity contribution in [3.8, 4) is 0 Å². The SMILES string of the molecule is CC(=O)NC1[C@@H](O[C@@H]2C(OC=O)O[C@@H](O[C@@H]3C(CO)O[C@H](O[C@@H]4C(OC=O)O[C@@H](OCCN)C(O)[C@H]4O)C(NC(C)=O)[C@H]3O)C(O)[C@H]2O)OC(CO)[C@@H](O[C@@H]2OC(OC=O)[C@@H](O)[C@H](O)C2O)[C@@H]1O. The zero-order chi connectivity index (χ0) is 50.1. The lowest BCUT2D eigenvalue weighted by Crippen LogP contribution is -2.70. The van der Waals surface area contributed by atoms with Crippen LogP contribution >= 0.6 is 0 Å². The number of carbonyl (C=O) groups excluding carboxylic acids is 5. The highest BCUT2D eigenvalue weighted by Crippen LogP contribution is 2.36. The van der Waals surface area contributed by atoms with E-state index in [-0.39, 0.29) is 32.6 Å². The van der Waals surface area contributed by atoms with Crippen LogP contribution in [0.3, 0.4) is 0 Å². The third-order valence-corrected chi connectivity index (χ3v) is 11.1. The van der Waals surface area contributed by atoms with Gasteiger partial charge in [-0.25, -0.2) is 0 Å². The Morgan fingerprint density at radius 2 is 0.824 bits per heavy atom. The van der Waals surface area contributed by atoms with Gasteiger partial charge in [0.15, 0.2) is 43.7 Å². The van der Waals surface area contributed by atoms with Crippen LogP contribution in [0.4, 0.5) is 0 Å². The van der Waals surface area contributed by atoms with Crippen molar-refractivity contribution in [1.29, 1.82) is 0 Å². The fourth-order valence-corrected chi connectivity index (χ4v) is 7.86. The summed E-state index contributed by atoms with van der Waals surface area (Å²) in [5.41, 5.74) is 5.42. The Kier molecular flexibility index (Phi) is 20.4. The van der Waals surface area contributed by atoms with Crippen LogP contribution in [-0.4, -0.2) is 268 Å². The highest BCUT2D eigenvalue weighted by Gasteiger charge is 2.58. The molecule has 25 atom stereocenters. The molecule has 0 radical (unpaired) electrons. The predicted octanol–water partition coefficient (Wildman–Crippen LogP) is -11.2. The van der Waals surface area contributed by atoms with Gasteiger partial charge < -0.3 is 134 Å². The first kappa shape index (κ1) is 55.4. The van der Waals surface area contributed by atoms with Gasteiger partial charge in [-0.15, -0.1) is 0 Å². The molecule has 5 rings (SSSR count). The second-order valence-corrected chi connectivity index (χ2v) is 15.7. The van der Waals surface area contributed by atoms with Crippen molar-refractivity contribution in [3.05, 3.63) is 0 Å². The number of carbonyl (C=O) groups is 5. The predicted molar refractivity (Wildman–Crippen MR) is 203 cm³/mol. The van der Waals surface area contributed by atoms with Gasteiger partial charge in [0.1, 0.15) is 91.4 Å². The van der Waals surface area contributed by atoms with Crippen molar-refractivity contribution < 1.29 is 142 Å². The molecule has 0 aromatic carbocycles. The lowest BCUT2D eigenvalue weighted by atomic mass is 9.95. The largest absolute Gasteiger partial charge is 0.435 e. The molecule has 10 unspecified atom stereocenters. The number of rotatable bonds is 21. The summed E-state index contributed by atoms with van der Waals surface area (Å²) >= 11 is 0. The topological polar surface area (TPSA) is 478 Å². The molecule has 5 aliphatic rings. The molecule has 0 aliphatic carbocycles. The fourth-order valence-electron chi connectivity index (χ4n) is 7.86. The summed E-state index contributed by atoms with van der Waals surface area (Å²) in [4.78, 5) is 58.8. The number of amides is 2. The molecule has 32 nitrogen and oxygen atoms in total. The van der Waals surface area contributed by atoms with Gasteiger partial charge >= 0.3 is 0 Å². The molecule has 0 spiro atoms. The Morgan fingerprint density at radius 1 is 0.471 bits per heavy atom. The number of hydrogen-bond acceptors (Lipinski definition) is 30. The summed E-state index contributed by atoms with van der Waals surface area (Å²) in [6, 6.07) is -3.48. The highest BCUT2D eigenvalue weighted by atomic mass is 16.8. The van der Waals surface area contributed by atoms with E-state index in [1.807, 2.05) is 0 Å². The second kappa shape index (κ2) is 25.0. The van der Waals surface area contributed by atoms with Crippen LogP contribution in [-0.2, 0) is 85.6 Å². The molecular weight excluding hydrogens is 938 g/mol. The van der Waals surface area contributed by atoms with E-state index >= 15 is 0 Å². The Bertz CT molecular complexity index is 1640. The smallest absolute Gasteiger partial charge is 0.295 e. The van der Waals surface area contributed by atoms with Crippen molar-refractivity contribution in [2.24, 2.45) is 5.73 Å². The maximum Gasteiger partial charge on any atom is 0.295 e. The maximum atomic E-state index is 12.4. The van der Waals surface area contributed by atoms with Gasteiger partial charge in [0.05, 0.1) is 19.8 Å². The molecule has 5 aliphatic heterocycles. The number of aliphatic hydroxyl groups is 11. The van der Waals surface area contributed by atoms with E-state index in [4.69, 9.17) is 62.6 Å². The Morgan fingerprint density at radius 3 is 1.22 bits per heavy atom. The van der Waals surface area contributed by atoms with Crippen LogP contribution in [0.25, 0.3) is 0 Å². The van der Waals surface area contributed by atoms with Crippen molar-refractivity contribution in [3.63, 3.8) is 0 Å². The molecule has 0 saturated carbocycles. The molecule has 5 saturated heterocycles. The van der Waals surface area contributed by atoms with E-state index in [1.165, 1.54) is 0 Å². The summed E-state index contributed by atoms with van der Waals surface area (Å²) in [5.74, 6) is -1.67. The van der Waals surface area contributed by atoms with Crippen LogP contribution in [0.15, 0.2) is 0 Å². The summed E-state index contributed by atoms with van der Waals surface area (Å²) in [6.07, 6.45) is -44.7. The summed E-state index contributed by atoms with van der Waals surface area (Å²) in [7, 11) is 0. The van der Waals surface area contributed by atoms with E-state index in [9.17, 15) is 80.1 Å². The van der Waals surface area contributed by atoms with Crippen LogP contribution < -0.4 is 16.4 Å². The standard InChI is InChI=1S/C36H57N3O29/c1-10(45)38-14-16(47)25(62-33-22(53)18(49)21(52)32(66-33)57-7-42)12(5-40)60-30(14)65-28-20(51)24(55)34(68-36(28)59-9-44)63-26-13(6-41)61-29(15(17(26)48)39-11(2)46)64-27-19(50)23(54)31(56-4-3-37)67-35(27)58-8-43/h7-9,12-36,40-41,47-55H,3-6,37H2,1-2H3,(H,38,45)(H,39,46)/t12?,13?,14?,15?,16-,17-,18+,19-,20-,21+,22?,23?,24?,25-,26-,27+,28+,29-,30-,31-,32?,33-,34-,35?,36?/m1/s1. The molecule has 0 bridgehead atoms. The number of ether oxygens (including phenoxy) is 13. The van der Waals surface area contributed by atoms with Crippen molar-refractivity contribution in [2.75, 3.05) is 26.4 Å². The molecule has 68 heavy (non-hydrogen) atoms. The summed E-state index contributed by atoms with van der Waals surface area (Å²) in [6.45, 7) is -0.633. The molecule has 15 N–H and O–H groups in total. The first-order valence-corrected chi connectivity index (χ1v) is 20.7. The van der Waals surface area contributed by atoms with Crippen LogP contribution in [0.1, 0.15) is 13.8 Å². The average Bonchev–Trinajstić information content (AvgIpc) is 3.30. The molecule has 5 heterocycles. The van der Waals surface area contributed by atoms with E-state index < -0.39 is 179 Å². The van der Waals surface area contributed by atoms with Gasteiger partial charge in [-0.05, 0) is 0 Å². The van der Waals surface area contributed by atoms with Crippen molar-refractivity contribution >= 4 is 31.2 Å². The summed E-state index contributed by atoms with van der Waals surface area (Å²) in [5, 5.41) is 124. The minimum absolute atomic E-state index is 0.0265. The van der Waals surface area contributed by atoms with Gasteiger partial charge in [0.2, 0.25) is 30.7 Å². The Hall–Kier alpha value is -3.53. The minimum atomic E-state index is -2.26. The lowest BCUT2D eigenvalue weighted by Gasteiger charge is -2.50. The Balaban J connectivity index is 1.34. The average molecular weight is 996 g/mol. The number of hydrogen-bond donors (Lipinski definition) is 14. The maximum absolute atomic E-state index is 12.4. The van der Waals surface area contributed by atoms with Gasteiger partial charge in [-0.3, -0.25) is 24.0 Å². The number of nitrogens with one attached hydrogen (secondary N) is 2. The van der Waals surface area contributed by atoms with E-state index in [0.29, 0.717) is 0 Å². The van der Waals surface area contributed by atoms with Crippen molar-refractivity contribution in [1.82, 2.24) is 10.6 Å². The van der Waals surface area contributed by atoms with Crippen LogP contribution in [0.2, 0.25) is 0 Å². The van der Waals surface area contributed by atoms with Gasteiger partial charge in [-0.2, -0.15) is 0 Å². The molecular formula is C36H57N3O29. The number of aliphatic hydroxyl groups excluding tert-OH is 11. The van der Waals surface area contributed by atoms with Crippen molar-refractivity contribution in [2.45, 2.75) is 168 Å². The minimum Gasteiger partial charge on any atom is -0.435 e. The van der Waals surface area contributed by atoms with E-state index in [1.54, 1.807) is 0 Å². The zero-order valence-electron chi connectivity index (χ0n) is 35.8. The molecule has 0 aromatic heterocycles. The Labute approximate surface area is 383 Å². The molecule has 390 valence electrons. The van der Waals surface area contributed by atoms with E-state index in [2.05, 4.69) is 15.4 Å². The van der Waals surface area contributed by atoms with E-state index in [0.717, 1.165) is 13.8 Å². The first-order chi connectivity index (χ1) is 32.3. The molecule has 2 amide bonds. The van der Waals surface area contributed by atoms with Gasteiger partial charge in [0.25, 0.3) is 19.4 Å². The lowest BCUT2D eigenvalue weighted by molar-refractivity contribution is -0.402. The van der Waals surface area contributed by atoms with Gasteiger partial charge in [0, 0.05) is 20.4 Å². The monoisotopic (exact) mass is 995 g/mol. The first-order valence-electron chi connectivity index (χ1n) is 20.7. The third kappa shape index (κ3) is 12.5. The van der Waals surface area contributed by atoms with Gasteiger partial charge in [-0.1, -0.05) is 0 Å². The van der Waals surface area contributed by atoms with Crippen LogP contribution in [0, 0.1) is 0 Å². The second-order valence-electron chi connectivity index (χ2n) is 15.7. The zero-order valence-corrected chi connectivity index (χ0v) is 35.8. The third-order valence-electron chi connectivity index (χ3n) is 11.1. The quantitative estimate of drug-likeness (QED) is 0.0375. The summed E-state index contributed by atoms with van der Waals surface area (Å²) < 4.78 is 70.6. The number of nitrogens with two attached hydrogens (primary N) is 1. The van der Waals surface area contributed by atoms with Crippen LogP contribution in [0.5, 0.6) is 0 Å².